The van der Waals surface area contributed by atoms with Crippen LogP contribution in [-0.4, -0.2) is 12.6 Å². The summed E-state index contributed by atoms with van der Waals surface area (Å²) in [7, 11) is 1.28. The van der Waals surface area contributed by atoms with Crippen LogP contribution in [-0.2, 0) is 0 Å². The monoisotopic (exact) mass is 228 g/mol. The highest BCUT2D eigenvalue weighted by Crippen LogP contribution is 2.43. The van der Waals surface area contributed by atoms with Crippen LogP contribution < -0.4 is 16.2 Å². The molecular weight excluding hydrogens is 214 g/mol. The largest absolute Gasteiger partial charge is 0.494 e. The zero-order chi connectivity index (χ0) is 11.9. The molecule has 0 amide bonds. The first-order chi connectivity index (χ1) is 7.48. The Labute approximate surface area is 92.4 Å². The van der Waals surface area contributed by atoms with Crippen molar-refractivity contribution in [2.75, 3.05) is 7.11 Å². The van der Waals surface area contributed by atoms with E-state index in [4.69, 9.17) is 11.5 Å². The summed E-state index contributed by atoms with van der Waals surface area (Å²) in [4.78, 5) is 0. The molecule has 4 N–H and O–H groups in total. The number of hydrogen-bond acceptors (Lipinski definition) is 3. The molecule has 0 saturated heterocycles. The molecule has 1 atom stereocenters. The van der Waals surface area contributed by atoms with E-state index in [2.05, 4.69) is 4.74 Å². The van der Waals surface area contributed by atoms with Crippen molar-refractivity contribution in [3.8, 4) is 5.75 Å². The number of methoxy groups -OCH3 is 1. The third-order valence-corrected chi connectivity index (χ3v) is 3.05. The molecule has 16 heavy (non-hydrogen) atoms. The summed E-state index contributed by atoms with van der Waals surface area (Å²) in [6, 6.07) is 1.38. The van der Waals surface area contributed by atoms with E-state index in [0.717, 1.165) is 25.0 Å². The Bertz CT molecular complexity index is 419. The Morgan fingerprint density at radius 1 is 1.31 bits per heavy atom. The van der Waals surface area contributed by atoms with Gasteiger partial charge in [-0.1, -0.05) is 0 Å². The Kier molecular flexibility index (Phi) is 2.59. The van der Waals surface area contributed by atoms with E-state index in [9.17, 15) is 8.78 Å². The topological polar surface area (TPSA) is 61.3 Å². The lowest BCUT2D eigenvalue weighted by Crippen LogP contribution is -2.36. The van der Waals surface area contributed by atoms with Crippen LogP contribution in [0.2, 0.25) is 0 Å². The van der Waals surface area contributed by atoms with Crippen LogP contribution in [0, 0.1) is 11.6 Å². The van der Waals surface area contributed by atoms with Crippen molar-refractivity contribution in [1.82, 2.24) is 0 Å². The highest BCUT2D eigenvalue weighted by molar-refractivity contribution is 5.35. The van der Waals surface area contributed by atoms with Gasteiger partial charge in [0.2, 0.25) is 0 Å². The first-order valence-corrected chi connectivity index (χ1v) is 5.05. The normalized spacial score (nSPS) is 19.3. The van der Waals surface area contributed by atoms with Gasteiger partial charge in [0, 0.05) is 17.2 Å². The fourth-order valence-corrected chi connectivity index (χ4v) is 1.70. The van der Waals surface area contributed by atoms with Crippen molar-refractivity contribution in [2.24, 2.45) is 11.5 Å². The molecule has 0 heterocycles. The van der Waals surface area contributed by atoms with Gasteiger partial charge < -0.3 is 16.2 Å². The van der Waals surface area contributed by atoms with E-state index in [0.29, 0.717) is 0 Å². The predicted octanol–water partition coefficient (Wildman–Crippen LogP) is 1.46. The molecule has 1 aliphatic rings. The summed E-state index contributed by atoms with van der Waals surface area (Å²) < 4.78 is 31.7. The fourth-order valence-electron chi connectivity index (χ4n) is 1.70. The molecule has 1 saturated carbocycles. The van der Waals surface area contributed by atoms with Gasteiger partial charge in [-0.25, -0.2) is 8.78 Å². The van der Waals surface area contributed by atoms with E-state index in [1.54, 1.807) is 0 Å². The molecule has 0 aromatic heterocycles. The molecule has 0 radical (unpaired) electrons. The van der Waals surface area contributed by atoms with Crippen LogP contribution in [0.25, 0.3) is 0 Å². The number of rotatable bonds is 3. The van der Waals surface area contributed by atoms with Gasteiger partial charge >= 0.3 is 0 Å². The first-order valence-electron chi connectivity index (χ1n) is 5.05. The molecule has 1 aromatic rings. The summed E-state index contributed by atoms with van der Waals surface area (Å²) in [5.74, 6) is -1.34. The number of hydrogen-bond donors (Lipinski definition) is 2. The minimum atomic E-state index is -0.673. The third-order valence-electron chi connectivity index (χ3n) is 3.05. The lowest BCUT2D eigenvalue weighted by molar-refractivity contribution is 0.379. The van der Waals surface area contributed by atoms with Crippen LogP contribution in [0.1, 0.15) is 24.4 Å². The third kappa shape index (κ3) is 1.76. The minimum Gasteiger partial charge on any atom is -0.494 e. The Balaban J connectivity index is 2.38. The zero-order valence-electron chi connectivity index (χ0n) is 8.97. The minimum absolute atomic E-state index is 0.110. The fraction of sp³-hybridized carbons (Fsp3) is 0.455. The second kappa shape index (κ2) is 3.68. The SMILES string of the molecule is COc1cc(F)c(C(N)C2(N)CC2)cc1F. The van der Waals surface area contributed by atoms with E-state index in [1.165, 1.54) is 7.11 Å². The lowest BCUT2D eigenvalue weighted by Gasteiger charge is -2.20. The highest BCUT2D eigenvalue weighted by Gasteiger charge is 2.45. The van der Waals surface area contributed by atoms with Crippen LogP contribution in [0.3, 0.4) is 0 Å². The Morgan fingerprint density at radius 3 is 2.44 bits per heavy atom. The predicted molar refractivity (Wildman–Crippen MR) is 56.0 cm³/mol. The average Bonchev–Trinajstić information content (AvgIpc) is 2.99. The smallest absolute Gasteiger partial charge is 0.165 e. The van der Waals surface area contributed by atoms with Crippen molar-refractivity contribution in [2.45, 2.75) is 24.4 Å². The summed E-state index contributed by atoms with van der Waals surface area (Å²) >= 11 is 0. The summed E-state index contributed by atoms with van der Waals surface area (Å²) in [6.45, 7) is 0. The summed E-state index contributed by atoms with van der Waals surface area (Å²) in [6.07, 6.45) is 1.47. The molecule has 5 heteroatoms. The quantitative estimate of drug-likeness (QED) is 0.823. The second-order valence-corrected chi connectivity index (χ2v) is 4.22. The van der Waals surface area contributed by atoms with Crippen molar-refractivity contribution in [3.05, 3.63) is 29.3 Å². The van der Waals surface area contributed by atoms with Crippen molar-refractivity contribution >= 4 is 0 Å². The van der Waals surface area contributed by atoms with Gasteiger partial charge in [-0.3, -0.25) is 0 Å². The molecular formula is C11H14F2N2O. The Morgan fingerprint density at radius 2 is 1.94 bits per heavy atom. The summed E-state index contributed by atoms with van der Waals surface area (Å²) in [5, 5.41) is 0. The average molecular weight is 228 g/mol. The molecule has 1 unspecified atom stereocenters. The van der Waals surface area contributed by atoms with Crippen LogP contribution >= 0.6 is 0 Å². The number of nitrogens with two attached hydrogens (primary N) is 2. The van der Waals surface area contributed by atoms with Gasteiger partial charge in [0.1, 0.15) is 5.82 Å². The van der Waals surface area contributed by atoms with Gasteiger partial charge in [-0.15, -0.1) is 0 Å². The van der Waals surface area contributed by atoms with Gasteiger partial charge in [-0.05, 0) is 18.9 Å². The van der Waals surface area contributed by atoms with Crippen molar-refractivity contribution < 1.29 is 13.5 Å². The lowest BCUT2D eigenvalue weighted by atomic mass is 9.98. The van der Waals surface area contributed by atoms with Crippen LogP contribution in [0.15, 0.2) is 12.1 Å². The molecule has 0 spiro atoms. The molecule has 0 bridgehead atoms. The van der Waals surface area contributed by atoms with E-state index in [-0.39, 0.29) is 11.3 Å². The van der Waals surface area contributed by atoms with E-state index in [1.807, 2.05) is 0 Å². The number of halogens is 2. The highest BCUT2D eigenvalue weighted by atomic mass is 19.1. The Hall–Kier alpha value is -1.20. The maximum Gasteiger partial charge on any atom is 0.165 e. The van der Waals surface area contributed by atoms with E-state index < -0.39 is 23.2 Å². The molecule has 1 aliphatic carbocycles. The first kappa shape index (κ1) is 11.3. The van der Waals surface area contributed by atoms with Crippen LogP contribution in [0.4, 0.5) is 8.78 Å². The van der Waals surface area contributed by atoms with Crippen molar-refractivity contribution in [1.29, 1.82) is 0 Å². The molecule has 1 fully saturated rings. The van der Waals surface area contributed by atoms with E-state index >= 15 is 0 Å². The maximum absolute atomic E-state index is 13.6. The molecule has 3 nitrogen and oxygen atoms in total. The molecule has 88 valence electrons. The maximum atomic E-state index is 13.6. The second-order valence-electron chi connectivity index (χ2n) is 4.22. The van der Waals surface area contributed by atoms with Gasteiger partial charge in [0.05, 0.1) is 13.2 Å². The molecule has 0 aliphatic heterocycles. The van der Waals surface area contributed by atoms with Gasteiger partial charge in [-0.2, -0.15) is 0 Å². The van der Waals surface area contributed by atoms with Gasteiger partial charge in [0.25, 0.3) is 0 Å². The number of ether oxygens (including phenoxy) is 1. The van der Waals surface area contributed by atoms with Gasteiger partial charge in [0.15, 0.2) is 11.6 Å². The standard InChI is InChI=1S/C11H14F2N2O/c1-16-9-5-7(12)6(4-8(9)13)10(14)11(15)2-3-11/h4-5,10H,2-3,14-15H2,1H3. The molecule has 1 aromatic carbocycles. The molecule has 2 rings (SSSR count). The van der Waals surface area contributed by atoms with Crippen molar-refractivity contribution in [3.63, 3.8) is 0 Å². The number of benzene rings is 1. The zero-order valence-corrected chi connectivity index (χ0v) is 8.97. The summed E-state index contributed by atoms with van der Waals surface area (Å²) in [5.41, 5.74) is 11.2. The van der Waals surface area contributed by atoms with Crippen LogP contribution in [0.5, 0.6) is 5.75 Å².